The van der Waals surface area contributed by atoms with Crippen molar-refractivity contribution in [1.29, 1.82) is 0 Å². The Balaban J connectivity index is 2.56. The topological polar surface area (TPSA) is 26.3 Å². The van der Waals surface area contributed by atoms with Gasteiger partial charge in [0.1, 0.15) is 0 Å². The Bertz CT molecular complexity index is 356. The molecule has 0 saturated carbocycles. The highest BCUT2D eigenvalue weighted by Crippen LogP contribution is 2.14. The van der Waals surface area contributed by atoms with E-state index < -0.39 is 0 Å². The molecule has 1 aromatic rings. The van der Waals surface area contributed by atoms with Crippen LogP contribution in [-0.4, -0.2) is 19.0 Å². The Morgan fingerprint density at radius 3 is 2.69 bits per heavy atom. The Labute approximate surface area is 97.6 Å². The molecule has 0 N–H and O–H groups in total. The molecule has 2 nitrogen and oxygen atoms in total. The van der Waals surface area contributed by atoms with Crippen LogP contribution in [0.25, 0.3) is 0 Å². The van der Waals surface area contributed by atoms with Gasteiger partial charge in [0.2, 0.25) is 0 Å². The third kappa shape index (κ3) is 3.46. The first-order valence-electron chi connectivity index (χ1n) is 5.84. The summed E-state index contributed by atoms with van der Waals surface area (Å²) in [4.78, 5) is 11.9. The summed E-state index contributed by atoms with van der Waals surface area (Å²) in [7, 11) is 0. The van der Waals surface area contributed by atoms with Gasteiger partial charge in [-0.05, 0) is 31.4 Å². The van der Waals surface area contributed by atoms with Crippen molar-refractivity contribution in [2.45, 2.75) is 33.6 Å². The number of aryl methyl sites for hydroxylation is 1. The predicted molar refractivity (Wildman–Crippen MR) is 66.0 cm³/mol. The van der Waals surface area contributed by atoms with E-state index in [4.69, 9.17) is 4.74 Å². The molecule has 0 fully saturated rings. The van der Waals surface area contributed by atoms with E-state index in [1.54, 1.807) is 0 Å². The average Bonchev–Trinajstić information content (AvgIpc) is 2.28. The van der Waals surface area contributed by atoms with Crippen molar-refractivity contribution >= 4 is 5.78 Å². The summed E-state index contributed by atoms with van der Waals surface area (Å²) < 4.78 is 5.32. The number of carbonyl (C=O) groups is 1. The smallest absolute Gasteiger partial charge is 0.165 e. The summed E-state index contributed by atoms with van der Waals surface area (Å²) >= 11 is 0. The van der Waals surface area contributed by atoms with Crippen LogP contribution in [0.3, 0.4) is 0 Å². The molecule has 0 saturated heterocycles. The Morgan fingerprint density at radius 1 is 1.25 bits per heavy atom. The lowest BCUT2D eigenvalue weighted by molar-refractivity contribution is 0.0878. The van der Waals surface area contributed by atoms with E-state index in [0.717, 1.165) is 24.2 Å². The highest BCUT2D eigenvalue weighted by molar-refractivity contribution is 5.97. The molecule has 88 valence electrons. The lowest BCUT2D eigenvalue weighted by Gasteiger charge is -2.07. The lowest BCUT2D eigenvalue weighted by atomic mass is 9.99. The summed E-state index contributed by atoms with van der Waals surface area (Å²) in [6.07, 6.45) is 1.47. The summed E-state index contributed by atoms with van der Waals surface area (Å²) in [6.45, 7) is 7.35. The molecule has 0 bridgehead atoms. The molecule has 0 atom stereocenters. The van der Waals surface area contributed by atoms with Crippen molar-refractivity contribution in [3.8, 4) is 0 Å². The fourth-order valence-electron chi connectivity index (χ4n) is 1.60. The van der Waals surface area contributed by atoms with Crippen molar-refractivity contribution < 1.29 is 9.53 Å². The van der Waals surface area contributed by atoms with Crippen molar-refractivity contribution in [3.63, 3.8) is 0 Å². The molecule has 0 heterocycles. The van der Waals surface area contributed by atoms with E-state index in [1.807, 2.05) is 32.0 Å². The minimum atomic E-state index is 0.178. The van der Waals surface area contributed by atoms with E-state index in [0.29, 0.717) is 13.0 Å². The van der Waals surface area contributed by atoms with Gasteiger partial charge in [-0.1, -0.05) is 25.1 Å². The fourth-order valence-corrected chi connectivity index (χ4v) is 1.60. The van der Waals surface area contributed by atoms with Crippen LogP contribution in [0.5, 0.6) is 0 Å². The van der Waals surface area contributed by atoms with E-state index in [9.17, 15) is 4.79 Å². The standard InChI is InChI=1S/C14H20O2/c1-4-9-16-10-8-14(15)13-7-5-6-11(2)12(13)3/h5-7H,4,8-10H2,1-3H3. The first-order valence-corrected chi connectivity index (χ1v) is 5.84. The number of benzene rings is 1. The van der Waals surface area contributed by atoms with Gasteiger partial charge in [-0.15, -0.1) is 0 Å². The number of hydrogen-bond donors (Lipinski definition) is 0. The van der Waals surface area contributed by atoms with Crippen LogP contribution < -0.4 is 0 Å². The number of Topliss-reactive ketones (excluding diaryl/α,β-unsaturated/α-hetero) is 1. The second kappa shape index (κ2) is 6.44. The number of ether oxygens (including phenoxy) is 1. The number of carbonyl (C=O) groups excluding carboxylic acids is 1. The van der Waals surface area contributed by atoms with Gasteiger partial charge < -0.3 is 4.74 Å². The largest absolute Gasteiger partial charge is 0.381 e. The Kier molecular flexibility index (Phi) is 5.20. The van der Waals surface area contributed by atoms with Crippen LogP contribution >= 0.6 is 0 Å². The van der Waals surface area contributed by atoms with E-state index in [2.05, 4.69) is 6.92 Å². The highest BCUT2D eigenvalue weighted by atomic mass is 16.5. The van der Waals surface area contributed by atoms with E-state index in [-0.39, 0.29) is 5.78 Å². The van der Waals surface area contributed by atoms with Crippen LogP contribution in [0.1, 0.15) is 41.3 Å². The fraction of sp³-hybridized carbons (Fsp3) is 0.500. The average molecular weight is 220 g/mol. The van der Waals surface area contributed by atoms with Gasteiger partial charge >= 0.3 is 0 Å². The summed E-state index contributed by atoms with van der Waals surface area (Å²) in [6, 6.07) is 5.85. The molecular weight excluding hydrogens is 200 g/mol. The van der Waals surface area contributed by atoms with Gasteiger partial charge in [-0.2, -0.15) is 0 Å². The third-order valence-corrected chi connectivity index (χ3v) is 2.73. The highest BCUT2D eigenvalue weighted by Gasteiger charge is 2.09. The predicted octanol–water partition coefficient (Wildman–Crippen LogP) is 3.30. The molecule has 2 heteroatoms. The van der Waals surface area contributed by atoms with E-state index in [1.165, 1.54) is 5.56 Å². The molecule has 0 aliphatic rings. The number of ketones is 1. The van der Waals surface area contributed by atoms with Crippen molar-refractivity contribution in [2.24, 2.45) is 0 Å². The zero-order valence-electron chi connectivity index (χ0n) is 10.4. The number of hydrogen-bond acceptors (Lipinski definition) is 2. The molecule has 0 spiro atoms. The quantitative estimate of drug-likeness (QED) is 0.543. The van der Waals surface area contributed by atoms with Crippen LogP contribution in [0.2, 0.25) is 0 Å². The van der Waals surface area contributed by atoms with Gasteiger partial charge in [0.15, 0.2) is 5.78 Å². The van der Waals surface area contributed by atoms with Crippen molar-refractivity contribution in [3.05, 3.63) is 34.9 Å². The zero-order valence-corrected chi connectivity index (χ0v) is 10.4. The van der Waals surface area contributed by atoms with Gasteiger partial charge in [-0.3, -0.25) is 4.79 Å². The SMILES string of the molecule is CCCOCCC(=O)c1cccc(C)c1C. The van der Waals surface area contributed by atoms with Crippen LogP contribution in [0, 0.1) is 13.8 Å². The number of rotatable bonds is 6. The lowest BCUT2D eigenvalue weighted by Crippen LogP contribution is -2.07. The molecule has 0 aromatic heterocycles. The first-order chi connectivity index (χ1) is 7.66. The van der Waals surface area contributed by atoms with Crippen LogP contribution in [0.15, 0.2) is 18.2 Å². The minimum Gasteiger partial charge on any atom is -0.381 e. The maximum atomic E-state index is 11.9. The van der Waals surface area contributed by atoms with Gasteiger partial charge in [0.25, 0.3) is 0 Å². The van der Waals surface area contributed by atoms with Gasteiger partial charge in [0, 0.05) is 18.6 Å². The second-order valence-electron chi connectivity index (χ2n) is 4.03. The molecule has 16 heavy (non-hydrogen) atoms. The molecule has 0 aliphatic carbocycles. The van der Waals surface area contributed by atoms with Crippen LogP contribution in [-0.2, 0) is 4.74 Å². The van der Waals surface area contributed by atoms with Gasteiger partial charge in [-0.25, -0.2) is 0 Å². The molecule has 0 aliphatic heterocycles. The maximum Gasteiger partial charge on any atom is 0.165 e. The van der Waals surface area contributed by atoms with Crippen molar-refractivity contribution in [2.75, 3.05) is 13.2 Å². The zero-order chi connectivity index (χ0) is 12.0. The molecule has 0 radical (unpaired) electrons. The summed E-state index contributed by atoms with van der Waals surface area (Å²) in [5.41, 5.74) is 3.09. The summed E-state index contributed by atoms with van der Waals surface area (Å²) in [5, 5.41) is 0. The second-order valence-corrected chi connectivity index (χ2v) is 4.03. The molecule has 0 unspecified atom stereocenters. The monoisotopic (exact) mass is 220 g/mol. The van der Waals surface area contributed by atoms with E-state index >= 15 is 0 Å². The van der Waals surface area contributed by atoms with Gasteiger partial charge in [0.05, 0.1) is 6.61 Å². The molecule has 0 amide bonds. The molecule has 1 aromatic carbocycles. The molecular formula is C14H20O2. The van der Waals surface area contributed by atoms with Crippen LogP contribution in [0.4, 0.5) is 0 Å². The first kappa shape index (κ1) is 12.9. The Hall–Kier alpha value is -1.15. The third-order valence-electron chi connectivity index (χ3n) is 2.73. The molecule has 1 rings (SSSR count). The minimum absolute atomic E-state index is 0.178. The maximum absolute atomic E-state index is 11.9. The normalized spacial score (nSPS) is 10.4. The summed E-state index contributed by atoms with van der Waals surface area (Å²) in [5.74, 6) is 0.178. The van der Waals surface area contributed by atoms with Crippen molar-refractivity contribution in [1.82, 2.24) is 0 Å². The Morgan fingerprint density at radius 2 is 2.00 bits per heavy atom.